The smallest absolute Gasteiger partial charge is 0.316 e. The number of ether oxygens (including phenoxy) is 1. The highest BCUT2D eigenvalue weighted by Gasteiger charge is 2.32. The van der Waals surface area contributed by atoms with Crippen molar-refractivity contribution in [2.75, 3.05) is 31.1 Å². The van der Waals surface area contributed by atoms with E-state index < -0.39 is 10.0 Å². The summed E-state index contributed by atoms with van der Waals surface area (Å²) in [7, 11) is -3.69. The fraction of sp³-hybridized carbons (Fsp3) is 0.391. The van der Waals surface area contributed by atoms with Gasteiger partial charge in [0.15, 0.2) is 0 Å². The first kappa shape index (κ1) is 22.9. The van der Waals surface area contributed by atoms with E-state index in [0.29, 0.717) is 29.5 Å². The third-order valence-electron chi connectivity index (χ3n) is 6.22. The van der Waals surface area contributed by atoms with Crippen molar-refractivity contribution in [3.8, 4) is 11.4 Å². The van der Waals surface area contributed by atoms with E-state index in [1.165, 1.54) is 21.3 Å². The Hall–Kier alpha value is -2.82. The Morgan fingerprint density at radius 1 is 1.06 bits per heavy atom. The zero-order valence-corrected chi connectivity index (χ0v) is 20.0. The maximum atomic E-state index is 13.5. The molecule has 3 heterocycles. The molecule has 0 unspecified atom stereocenters. The number of benzene rings is 1. The predicted octanol–water partition coefficient (Wildman–Crippen LogP) is 3.31. The normalized spacial score (nSPS) is 17.9. The number of sulfonamides is 1. The van der Waals surface area contributed by atoms with Crippen molar-refractivity contribution >= 4 is 27.3 Å². The average Bonchev–Trinajstić information content (AvgIpc) is 3.55. The molecule has 0 bridgehead atoms. The second kappa shape index (κ2) is 9.44. The highest BCUT2D eigenvalue weighted by molar-refractivity contribution is 7.89. The van der Waals surface area contributed by atoms with Crippen LogP contribution in [0.2, 0.25) is 5.02 Å². The van der Waals surface area contributed by atoms with Crippen molar-refractivity contribution < 1.29 is 17.6 Å². The molecule has 2 fully saturated rings. The largest absolute Gasteiger partial charge is 0.483 e. The average molecular weight is 505 g/mol. The van der Waals surface area contributed by atoms with Gasteiger partial charge in [-0.05, 0) is 56.0 Å². The summed E-state index contributed by atoms with van der Waals surface area (Å²) in [6.07, 6.45) is 6.86. The molecule has 2 aromatic heterocycles. The molecule has 2 aliphatic rings. The summed E-state index contributed by atoms with van der Waals surface area (Å²) in [4.78, 5) is 15.5. The predicted molar refractivity (Wildman–Crippen MR) is 127 cm³/mol. The monoisotopic (exact) mass is 504 g/mol. The minimum atomic E-state index is -3.69. The van der Waals surface area contributed by atoms with Gasteiger partial charge in [-0.15, -0.1) is 0 Å². The Kier molecular flexibility index (Phi) is 6.37. The third kappa shape index (κ3) is 4.45. The quantitative estimate of drug-likeness (QED) is 0.508. The van der Waals surface area contributed by atoms with Crippen molar-refractivity contribution in [1.82, 2.24) is 14.1 Å². The van der Waals surface area contributed by atoms with Crippen LogP contribution in [0.15, 0.2) is 63.2 Å². The molecular formula is C23H25ClN4O5S. The molecule has 0 radical (unpaired) electrons. The fourth-order valence-electron chi connectivity index (χ4n) is 4.44. The molecule has 1 saturated heterocycles. The van der Waals surface area contributed by atoms with Gasteiger partial charge in [0.2, 0.25) is 10.8 Å². The molecule has 0 amide bonds. The molecule has 34 heavy (non-hydrogen) atoms. The molecule has 0 spiro atoms. The van der Waals surface area contributed by atoms with Gasteiger partial charge in [-0.25, -0.2) is 8.42 Å². The van der Waals surface area contributed by atoms with Gasteiger partial charge in [0.05, 0.1) is 24.3 Å². The van der Waals surface area contributed by atoms with Crippen LogP contribution in [-0.2, 0) is 10.0 Å². The SMILES string of the molecule is O=c1c(OC2CCCC2)c(N2CCN(S(=O)(=O)c3ccco3)CC2)cnn1-c1cccc(Cl)c1. The summed E-state index contributed by atoms with van der Waals surface area (Å²) >= 11 is 6.12. The number of hydrogen-bond acceptors (Lipinski definition) is 7. The number of nitrogens with zero attached hydrogens (tertiary/aromatic N) is 4. The van der Waals surface area contributed by atoms with E-state index in [4.69, 9.17) is 20.8 Å². The van der Waals surface area contributed by atoms with Crippen LogP contribution in [-0.4, -0.2) is 54.8 Å². The molecule has 0 atom stereocenters. The highest BCUT2D eigenvalue weighted by Crippen LogP contribution is 2.31. The number of aromatic nitrogens is 2. The van der Waals surface area contributed by atoms with Crippen molar-refractivity contribution in [1.29, 1.82) is 0 Å². The lowest BCUT2D eigenvalue weighted by Gasteiger charge is -2.35. The van der Waals surface area contributed by atoms with Gasteiger partial charge < -0.3 is 14.1 Å². The third-order valence-corrected chi connectivity index (χ3v) is 8.24. The second-order valence-electron chi connectivity index (χ2n) is 8.40. The minimum absolute atomic E-state index is 0.0257. The van der Waals surface area contributed by atoms with Crippen LogP contribution in [0.3, 0.4) is 0 Å². The fourth-order valence-corrected chi connectivity index (χ4v) is 5.95. The first-order chi connectivity index (χ1) is 16.4. The Labute approximate surface area is 202 Å². The van der Waals surface area contributed by atoms with Crippen molar-refractivity contribution in [2.45, 2.75) is 36.9 Å². The minimum Gasteiger partial charge on any atom is -0.483 e. The Morgan fingerprint density at radius 2 is 1.82 bits per heavy atom. The van der Waals surface area contributed by atoms with E-state index >= 15 is 0 Å². The van der Waals surface area contributed by atoms with Crippen LogP contribution >= 0.6 is 11.6 Å². The van der Waals surface area contributed by atoms with Crippen LogP contribution in [0.4, 0.5) is 5.69 Å². The van der Waals surface area contributed by atoms with Gasteiger partial charge in [0, 0.05) is 31.2 Å². The Balaban J connectivity index is 1.44. The summed E-state index contributed by atoms with van der Waals surface area (Å²) in [5.41, 5.74) is 0.761. The van der Waals surface area contributed by atoms with Gasteiger partial charge in [-0.3, -0.25) is 4.79 Å². The first-order valence-corrected chi connectivity index (χ1v) is 13.1. The maximum Gasteiger partial charge on any atom is 0.316 e. The van der Waals surface area contributed by atoms with Crippen LogP contribution < -0.4 is 15.2 Å². The molecule has 1 aromatic carbocycles. The van der Waals surface area contributed by atoms with Crippen LogP contribution in [0.25, 0.3) is 5.69 Å². The first-order valence-electron chi connectivity index (χ1n) is 11.3. The molecule has 0 N–H and O–H groups in total. The molecule has 5 rings (SSSR count). The lowest BCUT2D eigenvalue weighted by atomic mass is 10.2. The second-order valence-corrected chi connectivity index (χ2v) is 10.7. The molecule has 11 heteroatoms. The number of furan rings is 1. The highest BCUT2D eigenvalue weighted by atomic mass is 35.5. The molecule has 9 nitrogen and oxygen atoms in total. The molecule has 1 saturated carbocycles. The number of anilines is 1. The van der Waals surface area contributed by atoms with E-state index in [2.05, 4.69) is 5.10 Å². The standard InChI is InChI=1S/C23H25ClN4O5S/c24-17-5-3-6-18(15-17)28-23(29)22(33-19-7-1-2-8-19)20(16-25-28)26-10-12-27(13-11-26)34(30,31)21-9-4-14-32-21/h3-6,9,14-16,19H,1-2,7-8,10-13H2. The van der Waals surface area contributed by atoms with Crippen LogP contribution in [0.1, 0.15) is 25.7 Å². The van der Waals surface area contributed by atoms with Crippen molar-refractivity contribution in [3.05, 3.63) is 64.2 Å². The molecule has 3 aromatic rings. The van der Waals surface area contributed by atoms with E-state index in [9.17, 15) is 13.2 Å². The van der Waals surface area contributed by atoms with E-state index in [0.717, 1.165) is 25.7 Å². The Morgan fingerprint density at radius 3 is 2.50 bits per heavy atom. The summed E-state index contributed by atoms with van der Waals surface area (Å²) < 4.78 is 39.6. The van der Waals surface area contributed by atoms with Crippen molar-refractivity contribution in [2.24, 2.45) is 0 Å². The van der Waals surface area contributed by atoms with Gasteiger partial charge in [-0.2, -0.15) is 14.1 Å². The summed E-state index contributed by atoms with van der Waals surface area (Å²) in [5, 5.41) is 4.82. The van der Waals surface area contributed by atoms with Gasteiger partial charge in [-0.1, -0.05) is 17.7 Å². The Bertz CT molecular complexity index is 1310. The number of rotatable bonds is 6. The van der Waals surface area contributed by atoms with Crippen LogP contribution in [0.5, 0.6) is 5.75 Å². The number of halogens is 1. The molecule has 1 aliphatic heterocycles. The zero-order valence-electron chi connectivity index (χ0n) is 18.5. The maximum absolute atomic E-state index is 13.5. The van der Waals surface area contributed by atoms with Gasteiger partial charge >= 0.3 is 5.56 Å². The topological polar surface area (TPSA) is 97.9 Å². The van der Waals surface area contributed by atoms with Gasteiger partial charge in [0.25, 0.3) is 10.0 Å². The van der Waals surface area contributed by atoms with Crippen molar-refractivity contribution in [3.63, 3.8) is 0 Å². The van der Waals surface area contributed by atoms with E-state index in [1.54, 1.807) is 36.5 Å². The zero-order chi connectivity index (χ0) is 23.7. The van der Waals surface area contributed by atoms with Gasteiger partial charge in [0.1, 0.15) is 5.69 Å². The van der Waals surface area contributed by atoms with E-state index in [-0.39, 0.29) is 35.6 Å². The van der Waals surface area contributed by atoms with Crippen LogP contribution in [0, 0.1) is 0 Å². The summed E-state index contributed by atoms with van der Waals surface area (Å²) in [6.45, 7) is 1.29. The molecule has 1 aliphatic carbocycles. The molecule has 180 valence electrons. The lowest BCUT2D eigenvalue weighted by molar-refractivity contribution is 0.205. The number of hydrogen-bond donors (Lipinski definition) is 0. The summed E-state index contributed by atoms with van der Waals surface area (Å²) in [5.74, 6) is 0.240. The summed E-state index contributed by atoms with van der Waals surface area (Å²) in [6, 6.07) is 9.92. The van der Waals surface area contributed by atoms with E-state index in [1.807, 2.05) is 4.90 Å². The number of piperazine rings is 1. The lowest BCUT2D eigenvalue weighted by Crippen LogP contribution is -2.49. The molecular weight excluding hydrogens is 480 g/mol.